The Labute approximate surface area is 491 Å². The van der Waals surface area contributed by atoms with Crippen molar-refractivity contribution >= 4 is 43.9 Å². The van der Waals surface area contributed by atoms with Gasteiger partial charge >= 0.3 is 19.8 Å². The molecule has 0 aliphatic heterocycles. The van der Waals surface area contributed by atoms with Crippen LogP contribution in [0.4, 0.5) is 0 Å². The highest BCUT2D eigenvalue weighted by Gasteiger charge is 2.27. The molecule has 7 N–H and O–H groups in total. The van der Waals surface area contributed by atoms with Crippen molar-refractivity contribution in [1.29, 1.82) is 5.26 Å². The third kappa shape index (κ3) is 51.7. The minimum absolute atomic E-state index is 0.0361. The highest BCUT2D eigenvalue weighted by molar-refractivity contribution is 7.47. The molecule has 0 spiro atoms. The van der Waals surface area contributed by atoms with Crippen LogP contribution in [-0.2, 0) is 59.4 Å². The van der Waals surface area contributed by atoms with Crippen LogP contribution in [0.3, 0.4) is 0 Å². The van der Waals surface area contributed by atoms with Gasteiger partial charge in [-0.05, 0) is 163 Å². The van der Waals surface area contributed by atoms with Gasteiger partial charge in [-0.15, -0.1) is 0 Å². The number of carbonyl (C=O) groups is 2. The van der Waals surface area contributed by atoms with Gasteiger partial charge in [0.05, 0.1) is 69.4 Å². The minimum Gasteiger partial charge on any atom is -0.756 e. The van der Waals surface area contributed by atoms with E-state index in [4.69, 9.17) is 38.9 Å². The molecule has 0 bridgehead atoms. The number of rotatable bonds is 41. The predicted octanol–water partition coefficient (Wildman–Crippen LogP) is 8.42. The normalized spacial score (nSPS) is 14.0. The van der Waals surface area contributed by atoms with E-state index < -0.39 is 56.1 Å². The number of nitriles is 1. The van der Waals surface area contributed by atoms with Crippen molar-refractivity contribution in [3.63, 3.8) is 0 Å². The van der Waals surface area contributed by atoms with Crippen LogP contribution in [0.25, 0.3) is 0 Å². The summed E-state index contributed by atoms with van der Waals surface area (Å²) >= 11 is 0. The molecule has 6 atom stereocenters. The van der Waals surface area contributed by atoms with Crippen LogP contribution in [0, 0.1) is 11.3 Å². The largest absolute Gasteiger partial charge is 0.756 e. The van der Waals surface area contributed by atoms with Crippen molar-refractivity contribution < 1.29 is 93.8 Å². The smallest absolute Gasteiger partial charge is 0.471 e. The number of carbonyl (C=O) groups excluding carboxylic acids is 2. The first kappa shape index (κ1) is 85.8. The molecule has 480 valence electrons. The molecule has 82 heavy (non-hydrogen) atoms. The summed E-state index contributed by atoms with van der Waals surface area (Å²) in [6.07, 6.45) is 7.91. The SMILES string of the molecule is CC.CC(C)N(C(C)C)P(OCCC#N)OCCCCC(COC(=O)c1ccccc1)OC(=O)c1ccccc1.CN.CNCCCCCOP(=O)([O-])OC.CNCCCCCOP(=O)([O-])OC.COP(=O)(O)OCCCCC(O)CO. The van der Waals surface area contributed by atoms with E-state index in [0.29, 0.717) is 69.3 Å². The average Bonchev–Trinajstić information content (AvgIpc) is 3.50. The number of aliphatic hydroxyl groups is 2. The fraction of sp³-hybridized carbons (Fsp3) is 0.717. The maximum Gasteiger partial charge on any atom is 0.471 e. The maximum absolute atomic E-state index is 12.6. The molecule has 2 aromatic rings. The molecular formula is C53H101N5O20P4-2. The molecule has 0 heterocycles. The van der Waals surface area contributed by atoms with Crippen molar-refractivity contribution in [2.24, 2.45) is 5.73 Å². The second-order valence-electron chi connectivity index (χ2n) is 17.3. The van der Waals surface area contributed by atoms with E-state index in [1.165, 1.54) is 7.05 Å². The Bertz CT molecular complexity index is 1920. The summed E-state index contributed by atoms with van der Waals surface area (Å²) in [5.41, 5.74) is 5.39. The number of phosphoric ester groups is 3. The number of nitrogens with two attached hydrogens (primary N) is 1. The van der Waals surface area contributed by atoms with Gasteiger partial charge in [-0.25, -0.2) is 18.8 Å². The lowest BCUT2D eigenvalue weighted by atomic mass is 10.1. The van der Waals surface area contributed by atoms with Gasteiger partial charge in [-0.3, -0.25) is 18.2 Å². The number of hydrogen-bond donors (Lipinski definition) is 6. The highest BCUT2D eigenvalue weighted by Crippen LogP contribution is 2.46. The zero-order valence-electron chi connectivity index (χ0n) is 50.7. The molecule has 0 radical (unpaired) electrons. The van der Waals surface area contributed by atoms with Gasteiger partial charge in [-0.2, -0.15) is 5.26 Å². The van der Waals surface area contributed by atoms with Gasteiger partial charge in [0, 0.05) is 33.4 Å². The summed E-state index contributed by atoms with van der Waals surface area (Å²) in [6, 6.07) is 20.0. The van der Waals surface area contributed by atoms with Crippen molar-refractivity contribution in [3.05, 3.63) is 71.8 Å². The predicted molar refractivity (Wildman–Crippen MR) is 315 cm³/mol. The maximum atomic E-state index is 12.6. The molecule has 29 heteroatoms. The number of nitrogens with one attached hydrogen (secondary N) is 2. The molecule has 0 amide bonds. The molecule has 0 aromatic heterocycles. The number of phosphoric acid groups is 3. The second-order valence-corrected chi connectivity index (χ2v) is 23.4. The standard InChI is InChI=1S/C29H39N2O6P.2C7H18NO4P.C7H17O6P.C2H6.CH5N/c1-23(2)31(24(3)4)38(36-21-13-19-30)35-20-12-11-18-27(37-29(33)26-16-9-6-10-17-26)22-34-28(32)25-14-7-5-8-15-25;2*1-8-6-4-3-5-7-12-13(9,10)11-2;1-12-14(10,11)13-5-3-2-4-7(9)6-8;2*1-2/h5-10,14-17,23-24,27H,11-13,18,20-22H2,1-4H3;2*8H,3-7H2,1-2H3,(H,9,10);7-9H,2-6H2,1H3,(H,10,11);1-2H3;2H2,1H3/p-2. The fourth-order valence-electron chi connectivity index (χ4n) is 6.15. The Balaban J connectivity index is -0.000000566. The van der Waals surface area contributed by atoms with Crippen LogP contribution >= 0.6 is 32.0 Å². The summed E-state index contributed by atoms with van der Waals surface area (Å²) in [7, 11) is -4.61. The van der Waals surface area contributed by atoms with E-state index in [-0.39, 0.29) is 45.1 Å². The number of unbranched alkanes of at least 4 members (excludes halogenated alkanes) is 6. The Morgan fingerprint density at radius 3 is 1.51 bits per heavy atom. The van der Waals surface area contributed by atoms with Crippen molar-refractivity contribution in [1.82, 2.24) is 15.3 Å². The minimum atomic E-state index is -3.99. The van der Waals surface area contributed by atoms with Gasteiger partial charge in [0.25, 0.3) is 24.2 Å². The highest BCUT2D eigenvalue weighted by atomic mass is 31.2. The molecule has 2 rings (SSSR count). The van der Waals surface area contributed by atoms with E-state index in [1.54, 1.807) is 48.5 Å². The quantitative estimate of drug-likeness (QED) is 0.0206. The first-order valence-electron chi connectivity index (χ1n) is 27.5. The average molecular weight is 1250 g/mol. The van der Waals surface area contributed by atoms with Gasteiger partial charge in [0.2, 0.25) is 0 Å². The second kappa shape index (κ2) is 57.4. The van der Waals surface area contributed by atoms with Crippen molar-refractivity contribution in [2.75, 3.05) is 102 Å². The fourth-order valence-corrected chi connectivity index (χ4v) is 9.16. The Kier molecular flexibility index (Phi) is 60.0. The molecule has 0 aliphatic carbocycles. The number of nitrogens with zero attached hydrogens (tertiary/aromatic N) is 2. The molecule has 6 unspecified atom stereocenters. The number of aliphatic hydroxyl groups excluding tert-OH is 2. The van der Waals surface area contributed by atoms with Crippen LogP contribution in [0.5, 0.6) is 0 Å². The number of hydrogen-bond acceptors (Lipinski definition) is 24. The Morgan fingerprint density at radius 2 is 1.09 bits per heavy atom. The molecule has 25 nitrogen and oxygen atoms in total. The van der Waals surface area contributed by atoms with E-state index in [2.05, 4.69) is 81.9 Å². The van der Waals surface area contributed by atoms with Gasteiger partial charge in [0.1, 0.15) is 12.7 Å². The van der Waals surface area contributed by atoms with Crippen LogP contribution in [0.15, 0.2) is 60.7 Å². The van der Waals surface area contributed by atoms with Crippen LogP contribution in [0.2, 0.25) is 0 Å². The zero-order chi connectivity index (χ0) is 63.1. The van der Waals surface area contributed by atoms with Crippen LogP contribution in [0.1, 0.15) is 146 Å². The summed E-state index contributed by atoms with van der Waals surface area (Å²) < 4.78 is 83.5. The van der Waals surface area contributed by atoms with E-state index >= 15 is 0 Å². The molecule has 0 saturated carbocycles. The lowest BCUT2D eigenvalue weighted by Gasteiger charge is -2.35. The van der Waals surface area contributed by atoms with E-state index in [0.717, 1.165) is 72.9 Å². The first-order valence-corrected chi connectivity index (χ1v) is 33.0. The molecule has 2 aromatic carbocycles. The van der Waals surface area contributed by atoms with Crippen LogP contribution < -0.4 is 26.2 Å². The molecule has 0 aliphatic rings. The molecule has 0 saturated heterocycles. The molecule has 0 fully saturated rings. The van der Waals surface area contributed by atoms with Gasteiger partial charge in [0.15, 0.2) is 0 Å². The Hall–Kier alpha value is -2.69. The third-order valence-corrected chi connectivity index (χ3v) is 15.2. The monoisotopic (exact) mass is 1250 g/mol. The van der Waals surface area contributed by atoms with Crippen molar-refractivity contribution in [2.45, 2.75) is 149 Å². The Morgan fingerprint density at radius 1 is 0.659 bits per heavy atom. The number of esters is 2. The topological polar surface area (TPSA) is 362 Å². The van der Waals surface area contributed by atoms with E-state index in [1.807, 2.05) is 40.1 Å². The third-order valence-electron chi connectivity index (χ3n) is 10.2. The summed E-state index contributed by atoms with van der Waals surface area (Å²) in [4.78, 5) is 55.2. The number of ether oxygens (including phenoxy) is 2. The summed E-state index contributed by atoms with van der Waals surface area (Å²) in [6.45, 7) is 15.2. The van der Waals surface area contributed by atoms with Gasteiger partial charge < -0.3 is 77.9 Å². The lowest BCUT2D eigenvalue weighted by Crippen LogP contribution is -2.33. The van der Waals surface area contributed by atoms with Crippen molar-refractivity contribution in [3.8, 4) is 6.07 Å². The molecular weight excluding hydrogens is 1150 g/mol. The van der Waals surface area contributed by atoms with Crippen LogP contribution in [-0.4, -0.2) is 158 Å². The summed E-state index contributed by atoms with van der Waals surface area (Å²) in [5.74, 6) is -0.918. The summed E-state index contributed by atoms with van der Waals surface area (Å²) in [5, 5.41) is 32.3. The number of benzene rings is 2. The lowest BCUT2D eigenvalue weighted by molar-refractivity contribution is -0.224. The zero-order valence-corrected chi connectivity index (χ0v) is 54.3. The van der Waals surface area contributed by atoms with Gasteiger partial charge in [-0.1, -0.05) is 50.2 Å². The first-order chi connectivity index (χ1) is 39.1. The van der Waals surface area contributed by atoms with E-state index in [9.17, 15) is 33.1 Å².